The summed E-state index contributed by atoms with van der Waals surface area (Å²) in [6.45, 7) is 6.38. The average molecular weight is 681 g/mol. The molecular weight excluding hydrogens is 632 g/mol. The van der Waals surface area contributed by atoms with Crippen LogP contribution in [0.15, 0.2) is 110 Å². The van der Waals surface area contributed by atoms with Crippen LogP contribution in [0.25, 0.3) is 0 Å². The molecule has 0 saturated heterocycles. The van der Waals surface area contributed by atoms with Gasteiger partial charge in [-0.3, -0.25) is 14.8 Å². The molecule has 4 atom stereocenters. The van der Waals surface area contributed by atoms with Crippen molar-refractivity contribution < 1.29 is 24.2 Å². The Kier molecular flexibility index (Phi) is 14.7. The van der Waals surface area contributed by atoms with Crippen molar-refractivity contribution in [3.05, 3.63) is 132 Å². The van der Waals surface area contributed by atoms with Crippen LogP contribution in [0.5, 0.6) is 0 Å². The van der Waals surface area contributed by atoms with Crippen molar-refractivity contribution in [1.29, 1.82) is 0 Å². The topological polar surface area (TPSA) is 146 Å². The van der Waals surface area contributed by atoms with Gasteiger partial charge in [0, 0.05) is 36.7 Å². The number of hydrogen-bond acceptors (Lipinski definition) is 7. The molecule has 0 saturated carbocycles. The molecule has 11 nitrogen and oxygen atoms in total. The lowest BCUT2D eigenvalue weighted by molar-refractivity contribution is -0.124. The molecule has 4 rings (SSSR count). The lowest BCUT2D eigenvalue weighted by Gasteiger charge is -2.31. The van der Waals surface area contributed by atoms with E-state index in [2.05, 4.69) is 25.9 Å². The fourth-order valence-corrected chi connectivity index (χ4v) is 5.59. The fourth-order valence-electron chi connectivity index (χ4n) is 5.59. The van der Waals surface area contributed by atoms with Crippen LogP contribution in [0.1, 0.15) is 49.6 Å². The molecule has 0 unspecified atom stereocenters. The number of benzene rings is 2. The zero-order valence-electron chi connectivity index (χ0n) is 28.9. The predicted molar refractivity (Wildman–Crippen MR) is 192 cm³/mol. The first-order valence-corrected chi connectivity index (χ1v) is 17.1. The molecule has 4 amide bonds. The SMILES string of the molecule is CCN(Cc1ccccn1)C(=O)N[C@H](C(=O)N[C@@H](Cc1ccccc1)C[C@H](O)[C@H](Cc1ccccc1)NC(=O)OCc1cccnc1)C(C)C. The van der Waals surface area contributed by atoms with Crippen LogP contribution in [0.3, 0.4) is 0 Å². The summed E-state index contributed by atoms with van der Waals surface area (Å²) in [7, 11) is 0. The molecule has 4 aromatic rings. The molecule has 0 aliphatic carbocycles. The summed E-state index contributed by atoms with van der Waals surface area (Å²) in [6, 6.07) is 25.9. The van der Waals surface area contributed by atoms with Gasteiger partial charge >= 0.3 is 12.1 Å². The van der Waals surface area contributed by atoms with Gasteiger partial charge in [0.2, 0.25) is 5.91 Å². The number of aliphatic hydroxyl groups excluding tert-OH is 1. The van der Waals surface area contributed by atoms with Gasteiger partial charge in [-0.1, -0.05) is 86.6 Å². The first-order valence-electron chi connectivity index (χ1n) is 17.1. The Morgan fingerprint density at radius 2 is 1.46 bits per heavy atom. The van der Waals surface area contributed by atoms with Gasteiger partial charge in [-0.05, 0) is 61.4 Å². The molecule has 2 aromatic heterocycles. The summed E-state index contributed by atoms with van der Waals surface area (Å²) in [5.74, 6) is -0.587. The fraction of sp³-hybridized carbons (Fsp3) is 0.359. The number of carbonyl (C=O) groups is 3. The number of hydrogen-bond donors (Lipinski definition) is 4. The van der Waals surface area contributed by atoms with Crippen molar-refractivity contribution in [2.75, 3.05) is 6.54 Å². The van der Waals surface area contributed by atoms with E-state index in [4.69, 9.17) is 4.74 Å². The predicted octanol–water partition coefficient (Wildman–Crippen LogP) is 5.05. The van der Waals surface area contributed by atoms with Crippen molar-refractivity contribution >= 4 is 18.0 Å². The Balaban J connectivity index is 1.49. The molecule has 4 N–H and O–H groups in total. The summed E-state index contributed by atoms with van der Waals surface area (Å²) >= 11 is 0. The minimum Gasteiger partial charge on any atom is -0.445 e. The Morgan fingerprint density at radius 3 is 2.06 bits per heavy atom. The van der Waals surface area contributed by atoms with E-state index in [-0.39, 0.29) is 30.9 Å². The maximum Gasteiger partial charge on any atom is 0.407 e. The maximum atomic E-state index is 13.9. The van der Waals surface area contributed by atoms with Crippen LogP contribution >= 0.6 is 0 Å². The van der Waals surface area contributed by atoms with Crippen LogP contribution in [0.2, 0.25) is 0 Å². The number of rotatable bonds is 17. The lowest BCUT2D eigenvalue weighted by Crippen LogP contribution is -2.56. The highest BCUT2D eigenvalue weighted by Gasteiger charge is 2.31. The highest BCUT2D eigenvalue weighted by molar-refractivity contribution is 5.87. The number of urea groups is 1. The van der Waals surface area contributed by atoms with Crippen LogP contribution < -0.4 is 16.0 Å². The van der Waals surface area contributed by atoms with Crippen LogP contribution in [-0.2, 0) is 35.5 Å². The minimum absolute atomic E-state index is 0.0279. The number of aliphatic hydroxyl groups is 1. The molecule has 11 heteroatoms. The van der Waals surface area contributed by atoms with E-state index in [9.17, 15) is 19.5 Å². The third-order valence-corrected chi connectivity index (χ3v) is 8.33. The number of aromatic nitrogens is 2. The normalized spacial score (nSPS) is 13.4. The smallest absolute Gasteiger partial charge is 0.407 e. The molecule has 0 fully saturated rings. The quantitative estimate of drug-likeness (QED) is 0.122. The second-order valence-corrected chi connectivity index (χ2v) is 12.6. The summed E-state index contributed by atoms with van der Waals surface area (Å²) in [4.78, 5) is 50.2. The highest BCUT2D eigenvalue weighted by Crippen LogP contribution is 2.16. The second kappa shape index (κ2) is 19.6. The Bertz CT molecular complexity index is 1590. The first kappa shape index (κ1) is 37.5. The number of ether oxygens (including phenoxy) is 1. The zero-order valence-corrected chi connectivity index (χ0v) is 28.9. The largest absolute Gasteiger partial charge is 0.445 e. The van der Waals surface area contributed by atoms with Crippen LogP contribution in [0.4, 0.5) is 9.59 Å². The van der Waals surface area contributed by atoms with E-state index < -0.39 is 30.3 Å². The molecule has 0 aliphatic rings. The van der Waals surface area contributed by atoms with E-state index in [0.29, 0.717) is 25.9 Å². The van der Waals surface area contributed by atoms with E-state index in [1.54, 1.807) is 35.6 Å². The Hall–Kier alpha value is -5.29. The van der Waals surface area contributed by atoms with Gasteiger partial charge in [0.15, 0.2) is 0 Å². The van der Waals surface area contributed by atoms with Crippen LogP contribution in [0, 0.1) is 5.92 Å². The van der Waals surface area contributed by atoms with Crippen molar-refractivity contribution in [2.24, 2.45) is 5.92 Å². The van der Waals surface area contributed by atoms with E-state index in [1.165, 1.54) is 0 Å². The molecule has 0 aliphatic heterocycles. The zero-order chi connectivity index (χ0) is 35.7. The van der Waals surface area contributed by atoms with Crippen LogP contribution in [-0.4, -0.2) is 68.8 Å². The number of nitrogens with zero attached hydrogens (tertiary/aromatic N) is 3. The number of carbonyl (C=O) groups excluding carboxylic acids is 3. The molecule has 264 valence electrons. The summed E-state index contributed by atoms with van der Waals surface area (Å²) in [5.41, 5.74) is 3.36. The second-order valence-electron chi connectivity index (χ2n) is 12.6. The molecule has 0 bridgehead atoms. The third kappa shape index (κ3) is 12.3. The van der Waals surface area contributed by atoms with E-state index in [1.807, 2.05) is 99.6 Å². The average Bonchev–Trinajstić information content (AvgIpc) is 3.13. The molecule has 0 spiro atoms. The van der Waals surface area contributed by atoms with Gasteiger partial charge in [0.1, 0.15) is 12.6 Å². The van der Waals surface area contributed by atoms with Gasteiger partial charge in [0.25, 0.3) is 0 Å². The summed E-state index contributed by atoms with van der Waals surface area (Å²) in [6.07, 6.45) is 4.09. The number of pyridine rings is 2. The first-order chi connectivity index (χ1) is 24.2. The molecule has 0 radical (unpaired) electrons. The standard InChI is InChI=1S/C39H48N6O5/c1-4-45(26-32-19-11-12-21-41-32)38(48)44-36(28(2)3)37(47)42-33(22-29-14-7-5-8-15-29)24-35(46)34(23-30-16-9-6-10-17-30)43-39(49)50-27-31-18-13-20-40-25-31/h5-21,25,28,33-36,46H,4,22-24,26-27H2,1-3H3,(H,42,47)(H,43,49)(H,44,48)/t33-,34-,35-,36-/m0/s1. The van der Waals surface area contributed by atoms with Gasteiger partial charge in [-0.15, -0.1) is 0 Å². The van der Waals surface area contributed by atoms with Crippen molar-refractivity contribution in [2.45, 2.75) is 77.4 Å². The van der Waals surface area contributed by atoms with E-state index in [0.717, 1.165) is 22.4 Å². The molecule has 2 aromatic carbocycles. The van der Waals surface area contributed by atoms with Gasteiger partial charge in [-0.2, -0.15) is 0 Å². The monoisotopic (exact) mass is 680 g/mol. The van der Waals surface area contributed by atoms with Gasteiger partial charge in [0.05, 0.1) is 24.4 Å². The van der Waals surface area contributed by atoms with Gasteiger partial charge < -0.3 is 30.7 Å². The van der Waals surface area contributed by atoms with E-state index >= 15 is 0 Å². The van der Waals surface area contributed by atoms with Crippen molar-refractivity contribution in [3.8, 4) is 0 Å². The number of alkyl carbamates (subject to hydrolysis) is 1. The third-order valence-electron chi connectivity index (χ3n) is 8.33. The molecule has 50 heavy (non-hydrogen) atoms. The minimum atomic E-state index is -1.06. The molecule has 2 heterocycles. The number of amides is 4. The highest BCUT2D eigenvalue weighted by atomic mass is 16.5. The van der Waals surface area contributed by atoms with Crippen molar-refractivity contribution in [1.82, 2.24) is 30.8 Å². The Labute approximate surface area is 294 Å². The molecular formula is C39H48N6O5. The summed E-state index contributed by atoms with van der Waals surface area (Å²) in [5, 5.41) is 20.6. The number of nitrogens with one attached hydrogen (secondary N) is 3. The lowest BCUT2D eigenvalue weighted by atomic mass is 9.93. The van der Waals surface area contributed by atoms with Crippen molar-refractivity contribution in [3.63, 3.8) is 0 Å². The van der Waals surface area contributed by atoms with Gasteiger partial charge in [-0.25, -0.2) is 9.59 Å². The summed E-state index contributed by atoms with van der Waals surface area (Å²) < 4.78 is 5.45. The maximum absolute atomic E-state index is 13.9. The Morgan fingerprint density at radius 1 is 0.800 bits per heavy atom.